The van der Waals surface area contributed by atoms with E-state index in [1.54, 1.807) is 12.1 Å². The highest BCUT2D eigenvalue weighted by atomic mass is 35.5. The first kappa shape index (κ1) is 13.3. The van der Waals surface area contributed by atoms with Crippen LogP contribution in [0.15, 0.2) is 12.1 Å². The first-order valence-electron chi connectivity index (χ1n) is 5.56. The van der Waals surface area contributed by atoms with Gasteiger partial charge in [-0.3, -0.25) is 0 Å². The van der Waals surface area contributed by atoms with Gasteiger partial charge in [0.2, 0.25) is 0 Å². The quantitative estimate of drug-likeness (QED) is 0.887. The lowest BCUT2D eigenvalue weighted by atomic mass is 10.0. The van der Waals surface area contributed by atoms with Crippen LogP contribution in [0.1, 0.15) is 13.3 Å². The summed E-state index contributed by atoms with van der Waals surface area (Å²) in [6.45, 7) is 3.73. The number of ether oxygens (including phenoxy) is 1. The maximum atomic E-state index is 6.12. The highest BCUT2D eigenvalue weighted by Crippen LogP contribution is 2.35. The van der Waals surface area contributed by atoms with Gasteiger partial charge in [-0.25, -0.2) is 0 Å². The summed E-state index contributed by atoms with van der Waals surface area (Å²) in [4.78, 5) is 0. The Balaban J connectivity index is 2.12. The van der Waals surface area contributed by atoms with E-state index in [0.29, 0.717) is 21.0 Å². The maximum Gasteiger partial charge on any atom is 0.0722 e. The van der Waals surface area contributed by atoms with Crippen molar-refractivity contribution in [2.24, 2.45) is 5.92 Å². The van der Waals surface area contributed by atoms with Crippen LogP contribution in [0.3, 0.4) is 0 Å². The van der Waals surface area contributed by atoms with Crippen molar-refractivity contribution in [3.05, 3.63) is 27.2 Å². The van der Waals surface area contributed by atoms with Crippen molar-refractivity contribution < 1.29 is 4.74 Å². The van der Waals surface area contributed by atoms with Crippen molar-refractivity contribution in [1.29, 1.82) is 0 Å². The number of hydrogen-bond donors (Lipinski definition) is 1. The van der Waals surface area contributed by atoms with Gasteiger partial charge in [-0.2, -0.15) is 0 Å². The van der Waals surface area contributed by atoms with Gasteiger partial charge in [0.15, 0.2) is 0 Å². The fourth-order valence-corrected chi connectivity index (χ4v) is 2.90. The zero-order chi connectivity index (χ0) is 12.4. The standard InChI is InChI=1S/C12H14Cl3NO/c1-7(8-2-3-17-6-8)16-12-10(14)4-9(13)5-11(12)15/h4-5,7-8,16H,2-3,6H2,1H3. The molecule has 17 heavy (non-hydrogen) atoms. The third-order valence-electron chi connectivity index (χ3n) is 3.05. The minimum Gasteiger partial charge on any atom is -0.381 e. The first-order chi connectivity index (χ1) is 8.08. The molecular weight excluding hydrogens is 280 g/mol. The van der Waals surface area contributed by atoms with Crippen molar-refractivity contribution in [3.63, 3.8) is 0 Å². The van der Waals surface area contributed by atoms with Crippen molar-refractivity contribution in [2.75, 3.05) is 18.5 Å². The smallest absolute Gasteiger partial charge is 0.0722 e. The fraction of sp³-hybridized carbons (Fsp3) is 0.500. The van der Waals surface area contributed by atoms with Crippen LogP contribution in [0, 0.1) is 5.92 Å². The topological polar surface area (TPSA) is 21.3 Å². The molecule has 2 nitrogen and oxygen atoms in total. The lowest BCUT2D eigenvalue weighted by Crippen LogP contribution is -2.26. The van der Waals surface area contributed by atoms with Gasteiger partial charge in [0.05, 0.1) is 22.3 Å². The Labute approximate surface area is 116 Å². The van der Waals surface area contributed by atoms with E-state index in [4.69, 9.17) is 39.5 Å². The zero-order valence-corrected chi connectivity index (χ0v) is 11.7. The van der Waals surface area contributed by atoms with Crippen LogP contribution < -0.4 is 5.32 Å². The van der Waals surface area contributed by atoms with Crippen molar-refractivity contribution in [2.45, 2.75) is 19.4 Å². The molecule has 2 unspecified atom stereocenters. The number of nitrogens with one attached hydrogen (secondary N) is 1. The summed E-state index contributed by atoms with van der Waals surface area (Å²) in [5, 5.41) is 4.99. The lowest BCUT2D eigenvalue weighted by molar-refractivity contribution is 0.183. The zero-order valence-electron chi connectivity index (χ0n) is 9.47. The SMILES string of the molecule is CC(Nc1c(Cl)cc(Cl)cc1Cl)C1CCOC1. The highest BCUT2D eigenvalue weighted by molar-refractivity contribution is 6.41. The molecule has 1 aliphatic heterocycles. The number of rotatable bonds is 3. The van der Waals surface area contributed by atoms with Crippen molar-refractivity contribution >= 4 is 40.5 Å². The van der Waals surface area contributed by atoms with Gasteiger partial charge in [0, 0.05) is 23.6 Å². The van der Waals surface area contributed by atoms with Crippen LogP contribution in [0.25, 0.3) is 0 Å². The molecule has 1 fully saturated rings. The molecule has 94 valence electrons. The molecule has 5 heteroatoms. The second-order valence-corrected chi connectivity index (χ2v) is 5.55. The molecular formula is C12H14Cl3NO. The van der Waals surface area contributed by atoms with E-state index < -0.39 is 0 Å². The second-order valence-electron chi connectivity index (χ2n) is 4.30. The number of anilines is 1. The van der Waals surface area contributed by atoms with Gasteiger partial charge in [-0.05, 0) is 25.5 Å². The third kappa shape index (κ3) is 3.19. The van der Waals surface area contributed by atoms with Gasteiger partial charge in [0.25, 0.3) is 0 Å². The molecule has 1 heterocycles. The summed E-state index contributed by atoms with van der Waals surface area (Å²) in [6.07, 6.45) is 1.07. The molecule has 0 radical (unpaired) electrons. The molecule has 1 aromatic carbocycles. The number of hydrogen-bond acceptors (Lipinski definition) is 2. The van der Waals surface area contributed by atoms with E-state index in [0.717, 1.165) is 25.3 Å². The van der Waals surface area contributed by atoms with Crippen LogP contribution >= 0.6 is 34.8 Å². The Kier molecular flexibility index (Phi) is 4.42. The molecule has 1 aromatic rings. The van der Waals surface area contributed by atoms with E-state index in [9.17, 15) is 0 Å². The summed E-state index contributed by atoms with van der Waals surface area (Å²) in [6, 6.07) is 3.65. The molecule has 1 N–H and O–H groups in total. The Hall–Kier alpha value is -0.150. The van der Waals surface area contributed by atoms with Gasteiger partial charge in [-0.1, -0.05) is 34.8 Å². The average Bonchev–Trinajstić information content (AvgIpc) is 2.76. The van der Waals surface area contributed by atoms with E-state index in [2.05, 4.69) is 12.2 Å². The normalized spacial score (nSPS) is 21.5. The Morgan fingerprint density at radius 2 is 1.94 bits per heavy atom. The summed E-state index contributed by atoms with van der Waals surface area (Å²) in [5.74, 6) is 0.498. The predicted molar refractivity (Wildman–Crippen MR) is 73.5 cm³/mol. The predicted octanol–water partition coefficient (Wildman–Crippen LogP) is 4.48. The molecule has 0 aliphatic carbocycles. The van der Waals surface area contributed by atoms with E-state index >= 15 is 0 Å². The van der Waals surface area contributed by atoms with Crippen molar-refractivity contribution in [1.82, 2.24) is 0 Å². The summed E-state index contributed by atoms with van der Waals surface area (Å²) in [5.41, 5.74) is 0.747. The summed E-state index contributed by atoms with van der Waals surface area (Å²) >= 11 is 18.1. The first-order valence-corrected chi connectivity index (χ1v) is 6.70. The Bertz CT molecular complexity index is 382. The maximum absolute atomic E-state index is 6.12. The largest absolute Gasteiger partial charge is 0.381 e. The molecule has 1 aliphatic rings. The van der Waals surface area contributed by atoms with Gasteiger partial charge >= 0.3 is 0 Å². The van der Waals surface area contributed by atoms with E-state index in [1.165, 1.54) is 0 Å². The number of halogens is 3. The number of benzene rings is 1. The molecule has 2 atom stereocenters. The Morgan fingerprint density at radius 1 is 1.29 bits per heavy atom. The summed E-state index contributed by atoms with van der Waals surface area (Å²) in [7, 11) is 0. The van der Waals surface area contributed by atoms with E-state index in [1.807, 2.05) is 0 Å². The minimum atomic E-state index is 0.272. The van der Waals surface area contributed by atoms with Gasteiger partial charge in [-0.15, -0.1) is 0 Å². The van der Waals surface area contributed by atoms with Gasteiger partial charge < -0.3 is 10.1 Å². The van der Waals surface area contributed by atoms with Crippen LogP contribution in [-0.2, 0) is 4.74 Å². The Morgan fingerprint density at radius 3 is 2.47 bits per heavy atom. The van der Waals surface area contributed by atoms with E-state index in [-0.39, 0.29) is 6.04 Å². The monoisotopic (exact) mass is 293 g/mol. The van der Waals surface area contributed by atoms with Crippen LogP contribution in [0.4, 0.5) is 5.69 Å². The average molecular weight is 295 g/mol. The van der Waals surface area contributed by atoms with Crippen LogP contribution in [0.5, 0.6) is 0 Å². The van der Waals surface area contributed by atoms with Crippen LogP contribution in [-0.4, -0.2) is 19.3 Å². The second kappa shape index (κ2) is 5.66. The van der Waals surface area contributed by atoms with Crippen molar-refractivity contribution in [3.8, 4) is 0 Å². The lowest BCUT2D eigenvalue weighted by Gasteiger charge is -2.22. The molecule has 0 spiro atoms. The molecule has 1 saturated heterocycles. The summed E-state index contributed by atoms with van der Waals surface area (Å²) < 4.78 is 5.37. The minimum absolute atomic E-state index is 0.272. The van der Waals surface area contributed by atoms with Crippen LogP contribution in [0.2, 0.25) is 15.1 Å². The molecule has 2 rings (SSSR count). The molecule has 0 saturated carbocycles. The fourth-order valence-electron chi connectivity index (χ4n) is 1.97. The molecule has 0 bridgehead atoms. The molecule has 0 amide bonds. The molecule has 0 aromatic heterocycles. The highest BCUT2D eigenvalue weighted by Gasteiger charge is 2.23. The third-order valence-corrected chi connectivity index (χ3v) is 3.87. The van der Waals surface area contributed by atoms with Gasteiger partial charge in [0.1, 0.15) is 0 Å².